The Labute approximate surface area is 214 Å². The molecule has 1 N–H and O–H groups in total. The van der Waals surface area contributed by atoms with Gasteiger partial charge in [-0.1, -0.05) is 123 Å². The van der Waals surface area contributed by atoms with Crippen molar-refractivity contribution in [2.24, 2.45) is 0 Å². The van der Waals surface area contributed by atoms with Crippen molar-refractivity contribution in [1.82, 2.24) is 5.32 Å². The molecule has 0 aliphatic rings. The minimum Gasteiger partial charge on any atom is -0.349 e. The van der Waals surface area contributed by atoms with Crippen LogP contribution in [-0.2, 0) is 11.2 Å². The van der Waals surface area contributed by atoms with E-state index in [1.807, 2.05) is 18.2 Å². The number of hydrogen-bond acceptors (Lipinski definition) is 1. The lowest BCUT2D eigenvalue weighted by Gasteiger charge is -2.20. The second kappa shape index (κ2) is 18.7. The van der Waals surface area contributed by atoms with Gasteiger partial charge in [0.15, 0.2) is 0 Å². The first-order valence-corrected chi connectivity index (χ1v) is 13.9. The molecule has 2 aromatic carbocycles. The lowest BCUT2D eigenvalue weighted by Crippen LogP contribution is -2.29. The van der Waals surface area contributed by atoms with Crippen molar-refractivity contribution in [1.29, 1.82) is 0 Å². The van der Waals surface area contributed by atoms with Gasteiger partial charge in [-0.15, -0.1) is 0 Å². The summed E-state index contributed by atoms with van der Waals surface area (Å²) in [5.74, 6) is 0.164. The summed E-state index contributed by atoms with van der Waals surface area (Å²) in [7, 11) is 0. The molecule has 190 valence electrons. The molecule has 1 atom stereocenters. The summed E-state index contributed by atoms with van der Waals surface area (Å²) >= 11 is 0. The highest BCUT2D eigenvalue weighted by Gasteiger charge is 2.15. The van der Waals surface area contributed by atoms with E-state index < -0.39 is 0 Å². The van der Waals surface area contributed by atoms with Gasteiger partial charge in [0.1, 0.15) is 0 Å². The van der Waals surface area contributed by atoms with Gasteiger partial charge in [0.05, 0.1) is 6.04 Å². The van der Waals surface area contributed by atoms with Gasteiger partial charge in [0.25, 0.3) is 0 Å². The van der Waals surface area contributed by atoms with E-state index in [9.17, 15) is 4.79 Å². The molecule has 35 heavy (non-hydrogen) atoms. The largest absolute Gasteiger partial charge is 0.349 e. The van der Waals surface area contributed by atoms with E-state index in [-0.39, 0.29) is 11.9 Å². The van der Waals surface area contributed by atoms with Crippen LogP contribution in [0.25, 0.3) is 0 Å². The maximum Gasteiger partial charge on any atom is 0.220 e. The summed E-state index contributed by atoms with van der Waals surface area (Å²) in [6.07, 6.45) is 23.9. The highest BCUT2D eigenvalue weighted by atomic mass is 16.1. The van der Waals surface area contributed by atoms with E-state index in [4.69, 9.17) is 0 Å². The zero-order valence-corrected chi connectivity index (χ0v) is 22.2. The molecule has 0 saturated carbocycles. The third-order valence-corrected chi connectivity index (χ3v) is 6.45. The number of rotatable bonds is 18. The van der Waals surface area contributed by atoms with E-state index in [2.05, 4.69) is 79.9 Å². The van der Waals surface area contributed by atoms with Crippen molar-refractivity contribution in [3.8, 4) is 0 Å². The first-order chi connectivity index (χ1) is 17.2. The van der Waals surface area contributed by atoms with Gasteiger partial charge < -0.3 is 5.32 Å². The number of aryl methyl sites for hydroxylation is 1. The molecule has 2 heteroatoms. The van der Waals surface area contributed by atoms with Crippen molar-refractivity contribution >= 4 is 5.91 Å². The number of carbonyl (C=O) groups excluding carboxylic acids is 1. The Kier molecular flexibility index (Phi) is 15.3. The molecule has 0 fully saturated rings. The summed E-state index contributed by atoms with van der Waals surface area (Å²) in [5, 5.41) is 3.29. The van der Waals surface area contributed by atoms with Gasteiger partial charge >= 0.3 is 0 Å². The first-order valence-electron chi connectivity index (χ1n) is 13.9. The molecule has 0 heterocycles. The summed E-state index contributed by atoms with van der Waals surface area (Å²) in [4.78, 5) is 12.7. The summed E-state index contributed by atoms with van der Waals surface area (Å²) in [6.45, 7) is 4.35. The molecule has 1 amide bonds. The molecule has 0 spiro atoms. The van der Waals surface area contributed by atoms with E-state index in [1.165, 1.54) is 68.1 Å². The van der Waals surface area contributed by atoms with Crippen LogP contribution in [0.5, 0.6) is 0 Å². The predicted molar refractivity (Wildman–Crippen MR) is 152 cm³/mol. The zero-order chi connectivity index (χ0) is 25.0. The molecular formula is C33H47NO. The Bertz CT molecular complexity index is 850. The van der Waals surface area contributed by atoms with Crippen LogP contribution in [0, 0.1) is 6.92 Å². The smallest absolute Gasteiger partial charge is 0.220 e. The Morgan fingerprint density at radius 2 is 1.40 bits per heavy atom. The molecule has 0 radical (unpaired) electrons. The van der Waals surface area contributed by atoms with Gasteiger partial charge in [-0.2, -0.15) is 0 Å². The molecule has 0 aliphatic carbocycles. The second-order valence-electron chi connectivity index (χ2n) is 9.70. The van der Waals surface area contributed by atoms with Crippen LogP contribution in [-0.4, -0.2) is 5.91 Å². The fraction of sp³-hybridized carbons (Fsp3) is 0.485. The number of unbranched alkanes of at least 4 members (excludes halogenated alkanes) is 8. The van der Waals surface area contributed by atoms with Crippen LogP contribution in [0.2, 0.25) is 0 Å². The van der Waals surface area contributed by atoms with E-state index in [1.54, 1.807) is 0 Å². The summed E-state index contributed by atoms with van der Waals surface area (Å²) < 4.78 is 0. The van der Waals surface area contributed by atoms with Crippen molar-refractivity contribution in [2.75, 3.05) is 0 Å². The SMILES string of the molecule is CCCCC/C=C\C/C=C\CCCCCCCC(=O)NC(Cc1ccc(C)cc1)c1ccccc1. The minimum absolute atomic E-state index is 0.0179. The molecule has 0 aliphatic heterocycles. The molecule has 2 nitrogen and oxygen atoms in total. The number of carbonyl (C=O) groups is 1. The highest BCUT2D eigenvalue weighted by molar-refractivity contribution is 5.76. The predicted octanol–water partition coefficient (Wildman–Crippen LogP) is 9.21. The Morgan fingerprint density at radius 1 is 0.771 bits per heavy atom. The molecular weight excluding hydrogens is 426 g/mol. The standard InChI is InChI=1S/C33H47NO/c1-3-4-5-6-7-8-9-10-11-12-13-14-15-16-20-23-33(35)34-32(31-21-18-17-19-22-31)28-30-26-24-29(2)25-27-30/h7-8,10-11,17-19,21-22,24-27,32H,3-6,9,12-16,20,23,28H2,1-2H3,(H,34,35)/b8-7-,11-10-. The molecule has 0 aromatic heterocycles. The maximum atomic E-state index is 12.7. The lowest BCUT2D eigenvalue weighted by atomic mass is 9.98. The van der Waals surface area contributed by atoms with E-state index in [0.717, 1.165) is 25.7 Å². The Balaban J connectivity index is 1.59. The fourth-order valence-electron chi connectivity index (χ4n) is 4.26. The van der Waals surface area contributed by atoms with E-state index >= 15 is 0 Å². The topological polar surface area (TPSA) is 29.1 Å². The molecule has 0 bridgehead atoms. The van der Waals surface area contributed by atoms with E-state index in [0.29, 0.717) is 6.42 Å². The third-order valence-electron chi connectivity index (χ3n) is 6.45. The average molecular weight is 474 g/mol. The van der Waals surface area contributed by atoms with Gasteiger partial charge in [-0.3, -0.25) is 4.79 Å². The highest BCUT2D eigenvalue weighted by Crippen LogP contribution is 2.19. The Hall–Kier alpha value is -2.61. The van der Waals surface area contributed by atoms with Crippen LogP contribution < -0.4 is 5.32 Å². The van der Waals surface area contributed by atoms with Crippen molar-refractivity contribution in [3.05, 3.63) is 95.6 Å². The number of hydrogen-bond donors (Lipinski definition) is 1. The maximum absolute atomic E-state index is 12.7. The first kappa shape index (κ1) is 28.6. The zero-order valence-electron chi connectivity index (χ0n) is 22.2. The van der Waals surface area contributed by atoms with Gasteiger partial charge in [-0.25, -0.2) is 0 Å². The summed E-state index contributed by atoms with van der Waals surface area (Å²) in [6, 6.07) is 19.0. The van der Waals surface area contributed by atoms with Crippen LogP contribution in [0.4, 0.5) is 0 Å². The molecule has 2 aromatic rings. The minimum atomic E-state index is 0.0179. The van der Waals surface area contributed by atoms with Crippen molar-refractivity contribution in [2.45, 2.75) is 103 Å². The average Bonchev–Trinajstić information content (AvgIpc) is 2.88. The molecule has 2 rings (SSSR count). The van der Waals surface area contributed by atoms with Gasteiger partial charge in [-0.05, 0) is 63.0 Å². The number of amides is 1. The quantitative estimate of drug-likeness (QED) is 0.170. The summed E-state index contributed by atoms with van der Waals surface area (Å²) in [5.41, 5.74) is 3.68. The number of allylic oxidation sites excluding steroid dienone is 4. The monoisotopic (exact) mass is 473 g/mol. The lowest BCUT2D eigenvalue weighted by molar-refractivity contribution is -0.122. The fourth-order valence-corrected chi connectivity index (χ4v) is 4.26. The third kappa shape index (κ3) is 13.8. The molecule has 0 saturated heterocycles. The van der Waals surface area contributed by atoms with Crippen molar-refractivity contribution in [3.63, 3.8) is 0 Å². The molecule has 1 unspecified atom stereocenters. The van der Waals surface area contributed by atoms with Gasteiger partial charge in [0, 0.05) is 6.42 Å². The van der Waals surface area contributed by atoms with Gasteiger partial charge in [0.2, 0.25) is 5.91 Å². The van der Waals surface area contributed by atoms with Crippen LogP contribution in [0.15, 0.2) is 78.9 Å². The van der Waals surface area contributed by atoms with Crippen LogP contribution in [0.1, 0.15) is 107 Å². The van der Waals surface area contributed by atoms with Crippen LogP contribution in [0.3, 0.4) is 0 Å². The second-order valence-corrected chi connectivity index (χ2v) is 9.70. The van der Waals surface area contributed by atoms with Crippen LogP contribution >= 0.6 is 0 Å². The van der Waals surface area contributed by atoms with Crippen molar-refractivity contribution < 1.29 is 4.79 Å². The number of nitrogens with one attached hydrogen (secondary N) is 1. The number of benzene rings is 2. The Morgan fingerprint density at radius 3 is 2.09 bits per heavy atom. The normalized spacial score (nSPS) is 12.4.